The van der Waals surface area contributed by atoms with Crippen molar-refractivity contribution in [2.75, 3.05) is 18.5 Å². The molecule has 1 aromatic heterocycles. The fourth-order valence-corrected chi connectivity index (χ4v) is 4.05. The molecule has 156 valence electrons. The number of nitrogens with zero attached hydrogens (tertiary/aromatic N) is 2. The summed E-state index contributed by atoms with van der Waals surface area (Å²) < 4.78 is 8.32. The summed E-state index contributed by atoms with van der Waals surface area (Å²) in [5, 5.41) is 2.77. The number of carbonyl (C=O) groups excluding carboxylic acids is 3. The number of carbonyl (C=O) groups is 3. The van der Waals surface area contributed by atoms with Crippen LogP contribution in [0.15, 0.2) is 47.5 Å². The number of nitrogens with one attached hydrogen (secondary N) is 1. The maximum absolute atomic E-state index is 12.7. The Balaban J connectivity index is 2.02. The Morgan fingerprint density at radius 1 is 1.07 bits per heavy atom. The number of hydrogen-bond acceptors (Lipinski definition) is 5. The SMILES string of the molecule is CCOCCn1c(=NC(=O)c2ccc(C(C)=O)cc2)sc2cc(NC(C)=O)ccc21. The van der Waals surface area contributed by atoms with Gasteiger partial charge in [-0.25, -0.2) is 0 Å². The van der Waals surface area contributed by atoms with Gasteiger partial charge in [-0.3, -0.25) is 14.4 Å². The summed E-state index contributed by atoms with van der Waals surface area (Å²) in [4.78, 5) is 40.4. The number of amides is 2. The highest BCUT2D eigenvalue weighted by Crippen LogP contribution is 2.22. The van der Waals surface area contributed by atoms with Gasteiger partial charge in [-0.2, -0.15) is 4.99 Å². The number of fused-ring (bicyclic) bond motifs is 1. The lowest BCUT2D eigenvalue weighted by atomic mass is 10.1. The molecule has 0 aliphatic rings. The standard InChI is InChI=1S/C22H23N3O4S/c1-4-29-12-11-25-19-10-9-18(23-15(3)27)13-20(19)30-22(25)24-21(28)17-7-5-16(6-8-17)14(2)26/h5-10,13H,4,11-12H2,1-3H3,(H,23,27). The van der Waals surface area contributed by atoms with Crippen LogP contribution < -0.4 is 10.1 Å². The second-order valence-corrected chi connectivity index (χ2v) is 7.66. The van der Waals surface area contributed by atoms with Crippen LogP contribution in [0.4, 0.5) is 5.69 Å². The van der Waals surface area contributed by atoms with E-state index < -0.39 is 0 Å². The molecule has 1 N–H and O–H groups in total. The maximum Gasteiger partial charge on any atom is 0.279 e. The topological polar surface area (TPSA) is 89.8 Å². The molecule has 3 aromatic rings. The van der Waals surface area contributed by atoms with E-state index in [1.807, 2.05) is 29.7 Å². The lowest BCUT2D eigenvalue weighted by Gasteiger charge is -2.06. The normalized spacial score (nSPS) is 11.6. The summed E-state index contributed by atoms with van der Waals surface area (Å²) >= 11 is 1.37. The van der Waals surface area contributed by atoms with Gasteiger partial charge in [0.15, 0.2) is 10.6 Å². The van der Waals surface area contributed by atoms with Crippen LogP contribution in [0.3, 0.4) is 0 Å². The zero-order valence-electron chi connectivity index (χ0n) is 17.1. The van der Waals surface area contributed by atoms with Crippen LogP contribution in [-0.2, 0) is 16.1 Å². The molecule has 30 heavy (non-hydrogen) atoms. The van der Waals surface area contributed by atoms with E-state index >= 15 is 0 Å². The highest BCUT2D eigenvalue weighted by atomic mass is 32.1. The van der Waals surface area contributed by atoms with E-state index in [1.165, 1.54) is 25.2 Å². The van der Waals surface area contributed by atoms with E-state index in [0.717, 1.165) is 10.2 Å². The Labute approximate surface area is 178 Å². The summed E-state index contributed by atoms with van der Waals surface area (Å²) in [7, 11) is 0. The molecule has 1 heterocycles. The van der Waals surface area contributed by atoms with Crippen molar-refractivity contribution in [1.82, 2.24) is 4.57 Å². The van der Waals surface area contributed by atoms with Crippen molar-refractivity contribution in [1.29, 1.82) is 0 Å². The molecule has 2 aromatic carbocycles. The van der Waals surface area contributed by atoms with Gasteiger partial charge in [0.1, 0.15) is 0 Å². The smallest absolute Gasteiger partial charge is 0.279 e. The molecule has 0 aliphatic carbocycles. The van der Waals surface area contributed by atoms with Crippen molar-refractivity contribution in [2.24, 2.45) is 4.99 Å². The number of benzene rings is 2. The Morgan fingerprint density at radius 2 is 1.77 bits per heavy atom. The van der Waals surface area contributed by atoms with E-state index in [9.17, 15) is 14.4 Å². The van der Waals surface area contributed by atoms with E-state index in [0.29, 0.717) is 41.4 Å². The van der Waals surface area contributed by atoms with Gasteiger partial charge in [-0.05, 0) is 44.2 Å². The first-order valence-electron chi connectivity index (χ1n) is 9.58. The van der Waals surface area contributed by atoms with Crippen LogP contribution >= 0.6 is 11.3 Å². The first kappa shape index (κ1) is 21.6. The molecular formula is C22H23N3O4S. The van der Waals surface area contributed by atoms with Crippen molar-refractivity contribution in [2.45, 2.75) is 27.3 Å². The molecule has 0 radical (unpaired) electrons. The Kier molecular flexibility index (Phi) is 6.91. The molecule has 0 saturated carbocycles. The van der Waals surface area contributed by atoms with Gasteiger partial charge in [0.25, 0.3) is 5.91 Å². The molecule has 0 bridgehead atoms. The number of ether oxygens (including phenoxy) is 1. The van der Waals surface area contributed by atoms with Crippen LogP contribution in [0.25, 0.3) is 10.2 Å². The van der Waals surface area contributed by atoms with Crippen LogP contribution in [0.2, 0.25) is 0 Å². The summed E-state index contributed by atoms with van der Waals surface area (Å²) in [5.74, 6) is -0.590. The number of rotatable bonds is 7. The molecule has 0 spiro atoms. The minimum atomic E-state index is -0.385. The molecule has 0 aliphatic heterocycles. The lowest BCUT2D eigenvalue weighted by molar-refractivity contribution is -0.114. The van der Waals surface area contributed by atoms with E-state index in [-0.39, 0.29) is 17.6 Å². The number of ketones is 1. The third-order valence-electron chi connectivity index (χ3n) is 4.40. The Bertz CT molecular complexity index is 1160. The van der Waals surface area contributed by atoms with Gasteiger partial charge >= 0.3 is 0 Å². The van der Waals surface area contributed by atoms with Crippen LogP contribution in [0.1, 0.15) is 41.5 Å². The molecule has 3 rings (SSSR count). The molecule has 0 fully saturated rings. The van der Waals surface area contributed by atoms with Crippen molar-refractivity contribution < 1.29 is 19.1 Å². The van der Waals surface area contributed by atoms with E-state index in [1.54, 1.807) is 24.3 Å². The van der Waals surface area contributed by atoms with Gasteiger partial charge in [0.2, 0.25) is 5.91 Å². The molecule has 0 saturated heterocycles. The molecule has 2 amide bonds. The summed E-state index contributed by atoms with van der Waals surface area (Å²) in [6.45, 7) is 6.50. The van der Waals surface area contributed by atoms with Gasteiger partial charge in [0, 0.05) is 36.9 Å². The zero-order valence-corrected chi connectivity index (χ0v) is 17.9. The van der Waals surface area contributed by atoms with Crippen molar-refractivity contribution in [3.63, 3.8) is 0 Å². The predicted molar refractivity (Wildman–Crippen MR) is 117 cm³/mol. The minimum Gasteiger partial charge on any atom is -0.380 e. The van der Waals surface area contributed by atoms with Crippen molar-refractivity contribution in [3.05, 3.63) is 58.4 Å². The van der Waals surface area contributed by atoms with Gasteiger partial charge in [0.05, 0.1) is 16.8 Å². The lowest BCUT2D eigenvalue weighted by Crippen LogP contribution is -2.19. The van der Waals surface area contributed by atoms with Gasteiger partial charge in [-0.15, -0.1) is 0 Å². The molecule has 0 atom stereocenters. The van der Waals surface area contributed by atoms with Crippen molar-refractivity contribution in [3.8, 4) is 0 Å². The van der Waals surface area contributed by atoms with Gasteiger partial charge in [-0.1, -0.05) is 23.5 Å². The highest BCUT2D eigenvalue weighted by Gasteiger charge is 2.11. The average molecular weight is 426 g/mol. The third-order valence-corrected chi connectivity index (χ3v) is 5.44. The zero-order chi connectivity index (χ0) is 21.7. The number of Topliss-reactive ketones (excluding diaryl/α,β-unsaturated/α-hetero) is 1. The predicted octanol–water partition coefficient (Wildman–Crippen LogP) is 3.64. The van der Waals surface area contributed by atoms with Crippen molar-refractivity contribution >= 4 is 44.8 Å². The second-order valence-electron chi connectivity index (χ2n) is 6.65. The minimum absolute atomic E-state index is 0.0563. The monoisotopic (exact) mass is 425 g/mol. The molecule has 0 unspecified atom stereocenters. The Morgan fingerprint density at radius 3 is 2.40 bits per heavy atom. The van der Waals surface area contributed by atoms with Crippen LogP contribution in [0.5, 0.6) is 0 Å². The highest BCUT2D eigenvalue weighted by molar-refractivity contribution is 7.16. The fraction of sp³-hybridized carbons (Fsp3) is 0.273. The summed E-state index contributed by atoms with van der Waals surface area (Å²) in [5.41, 5.74) is 2.55. The number of aromatic nitrogens is 1. The fourth-order valence-electron chi connectivity index (χ4n) is 2.95. The van der Waals surface area contributed by atoms with Crippen LogP contribution in [0, 0.1) is 0 Å². The van der Waals surface area contributed by atoms with Crippen LogP contribution in [-0.4, -0.2) is 35.4 Å². The molecular weight excluding hydrogens is 402 g/mol. The van der Waals surface area contributed by atoms with E-state index in [2.05, 4.69) is 10.3 Å². The first-order valence-corrected chi connectivity index (χ1v) is 10.4. The second kappa shape index (κ2) is 9.60. The quantitative estimate of drug-likeness (QED) is 0.462. The number of hydrogen-bond donors (Lipinski definition) is 1. The van der Waals surface area contributed by atoms with E-state index in [4.69, 9.17) is 4.74 Å². The van der Waals surface area contributed by atoms with Gasteiger partial charge < -0.3 is 14.6 Å². The number of anilines is 1. The third kappa shape index (κ3) is 5.08. The largest absolute Gasteiger partial charge is 0.380 e. The summed E-state index contributed by atoms with van der Waals surface area (Å²) in [6, 6.07) is 12.0. The average Bonchev–Trinajstić information content (AvgIpc) is 3.04. The Hall–Kier alpha value is -3.10. The molecule has 7 nitrogen and oxygen atoms in total. The summed E-state index contributed by atoms with van der Waals surface area (Å²) in [6.07, 6.45) is 0. The number of thiazole rings is 1. The maximum atomic E-state index is 12.7. The first-order chi connectivity index (χ1) is 14.4. The molecule has 8 heteroatoms.